The number of fused-ring (bicyclic) bond motifs is 5. The average molecular weight is 161 g/mol. The summed E-state index contributed by atoms with van der Waals surface area (Å²) < 4.78 is 0. The highest BCUT2D eigenvalue weighted by atomic mass is 16.6. The third kappa shape index (κ3) is 0.591. The summed E-state index contributed by atoms with van der Waals surface area (Å²) in [6, 6.07) is 0. The zero-order chi connectivity index (χ0) is 8.13. The van der Waals surface area contributed by atoms with Gasteiger partial charge in [-0.15, -0.1) is 0 Å². The summed E-state index contributed by atoms with van der Waals surface area (Å²) >= 11 is 0. The lowest BCUT2D eigenvalue weighted by molar-refractivity contribution is 0.0504. The molecule has 1 saturated carbocycles. The van der Waals surface area contributed by atoms with E-state index in [1.165, 1.54) is 6.42 Å². The van der Waals surface area contributed by atoms with Crippen LogP contribution in [0.2, 0.25) is 0 Å². The molecule has 0 aromatic heterocycles. The average Bonchev–Trinajstić information content (AvgIpc) is 2.76. The molecular formula is C10H11NO. The summed E-state index contributed by atoms with van der Waals surface area (Å²) in [5.74, 6) is 1.79. The maximum absolute atomic E-state index is 5.38. The van der Waals surface area contributed by atoms with E-state index in [-0.39, 0.29) is 0 Å². The van der Waals surface area contributed by atoms with Gasteiger partial charge in [-0.05, 0) is 18.4 Å². The zero-order valence-corrected chi connectivity index (χ0v) is 6.81. The number of nitrogens with zero attached hydrogens (tertiary/aromatic N) is 1. The van der Waals surface area contributed by atoms with E-state index >= 15 is 0 Å². The summed E-state index contributed by atoms with van der Waals surface area (Å²) in [5, 5.41) is 4.04. The molecule has 2 bridgehead atoms. The van der Waals surface area contributed by atoms with Crippen LogP contribution in [0.5, 0.6) is 0 Å². The number of allylic oxidation sites excluding steroid dienone is 2. The largest absolute Gasteiger partial charge is 0.391 e. The van der Waals surface area contributed by atoms with Gasteiger partial charge in [-0.1, -0.05) is 23.9 Å². The highest BCUT2D eigenvalue weighted by Crippen LogP contribution is 2.48. The maximum Gasteiger partial charge on any atom is 0.142 e. The molecule has 1 fully saturated rings. The van der Waals surface area contributed by atoms with Crippen LogP contribution in [-0.2, 0) is 4.84 Å². The van der Waals surface area contributed by atoms with Crippen molar-refractivity contribution in [1.82, 2.24) is 0 Å². The van der Waals surface area contributed by atoms with E-state index in [2.05, 4.69) is 23.9 Å². The Morgan fingerprint density at radius 2 is 2.33 bits per heavy atom. The molecule has 1 heterocycles. The van der Waals surface area contributed by atoms with Crippen molar-refractivity contribution in [3.8, 4) is 0 Å². The summed E-state index contributed by atoms with van der Waals surface area (Å²) in [4.78, 5) is 5.38. The summed E-state index contributed by atoms with van der Waals surface area (Å²) in [6.45, 7) is 3.75. The molecule has 3 aliphatic rings. The number of rotatable bonds is 1. The van der Waals surface area contributed by atoms with Gasteiger partial charge in [0.25, 0.3) is 0 Å². The molecule has 2 aliphatic carbocycles. The third-order valence-electron chi connectivity index (χ3n) is 3.22. The number of hydrogen-bond acceptors (Lipinski definition) is 2. The zero-order valence-electron chi connectivity index (χ0n) is 6.81. The molecule has 1 aliphatic heterocycles. The molecular weight excluding hydrogens is 150 g/mol. The molecule has 0 aromatic rings. The molecule has 4 atom stereocenters. The van der Waals surface area contributed by atoms with Crippen molar-refractivity contribution in [2.75, 3.05) is 0 Å². The molecule has 12 heavy (non-hydrogen) atoms. The van der Waals surface area contributed by atoms with Crippen LogP contribution in [0.1, 0.15) is 6.42 Å². The molecule has 0 N–H and O–H groups in total. The molecule has 0 aromatic carbocycles. The lowest BCUT2D eigenvalue weighted by Gasteiger charge is -2.17. The van der Waals surface area contributed by atoms with Gasteiger partial charge in [0, 0.05) is 5.92 Å². The van der Waals surface area contributed by atoms with Gasteiger partial charge >= 0.3 is 0 Å². The Kier molecular flexibility index (Phi) is 1.08. The second-order valence-corrected chi connectivity index (χ2v) is 3.76. The first-order valence-corrected chi connectivity index (χ1v) is 4.44. The second kappa shape index (κ2) is 2.00. The van der Waals surface area contributed by atoms with Crippen LogP contribution < -0.4 is 0 Å². The van der Waals surface area contributed by atoms with Crippen molar-refractivity contribution in [3.05, 3.63) is 24.8 Å². The minimum Gasteiger partial charge on any atom is -0.391 e. The van der Waals surface area contributed by atoms with Crippen molar-refractivity contribution < 1.29 is 4.84 Å². The first-order chi connectivity index (χ1) is 5.90. The fourth-order valence-corrected chi connectivity index (χ4v) is 2.66. The SMILES string of the molecule is C=CC1=NO[C@@H]2[C@H]1[C@@H]1C=C[C@H]2C1. The molecule has 3 rings (SSSR count). The molecule has 0 unspecified atom stereocenters. The highest BCUT2D eigenvalue weighted by Gasteiger charge is 2.50. The summed E-state index contributed by atoms with van der Waals surface area (Å²) in [6.07, 6.45) is 7.99. The fourth-order valence-electron chi connectivity index (χ4n) is 2.66. The minimum atomic E-state index is 0.327. The van der Waals surface area contributed by atoms with Crippen LogP contribution in [0.15, 0.2) is 30.0 Å². The van der Waals surface area contributed by atoms with Gasteiger partial charge in [-0.25, -0.2) is 0 Å². The Hall–Kier alpha value is -1.05. The third-order valence-corrected chi connectivity index (χ3v) is 3.22. The Morgan fingerprint density at radius 1 is 1.50 bits per heavy atom. The van der Waals surface area contributed by atoms with Crippen LogP contribution in [0, 0.1) is 17.8 Å². The maximum atomic E-state index is 5.38. The van der Waals surface area contributed by atoms with E-state index < -0.39 is 0 Å². The van der Waals surface area contributed by atoms with Gasteiger partial charge in [0.1, 0.15) is 6.10 Å². The van der Waals surface area contributed by atoms with Crippen LogP contribution in [0.3, 0.4) is 0 Å². The van der Waals surface area contributed by atoms with E-state index in [1.54, 1.807) is 0 Å². The Bertz CT molecular complexity index is 292. The Balaban J connectivity index is 2.00. The van der Waals surface area contributed by atoms with Crippen molar-refractivity contribution in [2.45, 2.75) is 12.5 Å². The fraction of sp³-hybridized carbons (Fsp3) is 0.500. The molecule has 62 valence electrons. The Morgan fingerprint density at radius 3 is 3.17 bits per heavy atom. The van der Waals surface area contributed by atoms with Crippen LogP contribution >= 0.6 is 0 Å². The summed E-state index contributed by atoms with van der Waals surface area (Å²) in [7, 11) is 0. The van der Waals surface area contributed by atoms with E-state index in [0.29, 0.717) is 23.9 Å². The topological polar surface area (TPSA) is 21.6 Å². The Labute approximate surface area is 71.6 Å². The molecule has 0 spiro atoms. The first-order valence-electron chi connectivity index (χ1n) is 4.44. The lowest BCUT2D eigenvalue weighted by atomic mass is 9.87. The first kappa shape index (κ1) is 6.46. The van der Waals surface area contributed by atoms with E-state index in [1.807, 2.05) is 6.08 Å². The number of oxime groups is 1. The van der Waals surface area contributed by atoms with E-state index in [9.17, 15) is 0 Å². The minimum absolute atomic E-state index is 0.327. The molecule has 2 heteroatoms. The number of hydrogen-bond donors (Lipinski definition) is 0. The quantitative estimate of drug-likeness (QED) is 0.537. The van der Waals surface area contributed by atoms with Crippen molar-refractivity contribution in [2.24, 2.45) is 22.9 Å². The van der Waals surface area contributed by atoms with E-state index in [4.69, 9.17) is 4.84 Å². The molecule has 2 nitrogen and oxygen atoms in total. The predicted octanol–water partition coefficient (Wildman–Crippen LogP) is 1.75. The van der Waals surface area contributed by atoms with Crippen LogP contribution in [0.25, 0.3) is 0 Å². The normalized spacial score (nSPS) is 47.2. The van der Waals surface area contributed by atoms with E-state index in [0.717, 1.165) is 5.71 Å². The molecule has 0 radical (unpaired) electrons. The monoisotopic (exact) mass is 161 g/mol. The molecule has 0 saturated heterocycles. The van der Waals surface area contributed by atoms with Crippen molar-refractivity contribution in [3.63, 3.8) is 0 Å². The highest BCUT2D eigenvalue weighted by molar-refractivity contribution is 5.98. The van der Waals surface area contributed by atoms with Gasteiger partial charge in [0.15, 0.2) is 0 Å². The van der Waals surface area contributed by atoms with Crippen LogP contribution in [-0.4, -0.2) is 11.8 Å². The van der Waals surface area contributed by atoms with Gasteiger partial charge in [0.05, 0.1) is 11.6 Å². The second-order valence-electron chi connectivity index (χ2n) is 3.76. The van der Waals surface area contributed by atoms with Crippen molar-refractivity contribution in [1.29, 1.82) is 0 Å². The van der Waals surface area contributed by atoms with Crippen LogP contribution in [0.4, 0.5) is 0 Å². The van der Waals surface area contributed by atoms with Gasteiger partial charge < -0.3 is 4.84 Å². The lowest BCUT2D eigenvalue weighted by Crippen LogP contribution is -2.26. The molecule has 0 amide bonds. The van der Waals surface area contributed by atoms with Gasteiger partial charge in [-0.2, -0.15) is 0 Å². The standard InChI is InChI=1S/C10H11NO/c1-2-8-9-6-3-4-7(5-6)10(9)12-11-8/h2-4,6-7,9-10H,1,5H2/t6-,7+,9+,10+/m1/s1. The van der Waals surface area contributed by atoms with Gasteiger partial charge in [-0.3, -0.25) is 0 Å². The van der Waals surface area contributed by atoms with Crippen molar-refractivity contribution >= 4 is 5.71 Å². The predicted molar refractivity (Wildman–Crippen MR) is 46.7 cm³/mol. The summed E-state index contributed by atoms with van der Waals surface area (Å²) in [5.41, 5.74) is 1.05. The van der Waals surface area contributed by atoms with Gasteiger partial charge in [0.2, 0.25) is 0 Å². The smallest absolute Gasteiger partial charge is 0.142 e.